The van der Waals surface area contributed by atoms with Crippen LogP contribution in [0.1, 0.15) is 12.5 Å². The van der Waals surface area contributed by atoms with E-state index < -0.39 is 5.97 Å². The van der Waals surface area contributed by atoms with Crippen LogP contribution in [0.25, 0.3) is 5.76 Å². The van der Waals surface area contributed by atoms with Crippen molar-refractivity contribution in [3.05, 3.63) is 35.6 Å². The molecule has 0 fully saturated rings. The van der Waals surface area contributed by atoms with Gasteiger partial charge in [-0.1, -0.05) is 12.1 Å². The summed E-state index contributed by atoms with van der Waals surface area (Å²) in [5.41, 5.74) is 0.691. The van der Waals surface area contributed by atoms with Crippen molar-refractivity contribution >= 4 is 11.7 Å². The SMILES string of the molecule is CCOc1ccccc1C1=C(C(=O)O)O1. The number of hydrogen-bond donors (Lipinski definition) is 1. The standard InChI is InChI=1S/C11H10O4/c1-2-14-8-6-4-3-5-7(8)9-10(15-9)11(12)13/h3-6H,2H2,1H3,(H,12,13). The number of benzene rings is 1. The molecule has 1 aliphatic rings. The van der Waals surface area contributed by atoms with Crippen LogP contribution in [0.3, 0.4) is 0 Å². The van der Waals surface area contributed by atoms with Crippen LogP contribution in [0.2, 0.25) is 0 Å². The molecule has 0 unspecified atom stereocenters. The van der Waals surface area contributed by atoms with Crippen LogP contribution in [0.4, 0.5) is 0 Å². The topological polar surface area (TPSA) is 59.1 Å². The first-order valence-electron chi connectivity index (χ1n) is 4.61. The largest absolute Gasteiger partial charge is 0.493 e. The molecule has 0 aliphatic carbocycles. The summed E-state index contributed by atoms with van der Waals surface area (Å²) >= 11 is 0. The average Bonchev–Trinajstić information content (AvgIpc) is 2.99. The average molecular weight is 206 g/mol. The number of ether oxygens (including phenoxy) is 2. The molecule has 1 aromatic rings. The Hall–Kier alpha value is -1.97. The second kappa shape index (κ2) is 3.65. The molecule has 0 spiro atoms. The highest BCUT2D eigenvalue weighted by atomic mass is 16.6. The van der Waals surface area contributed by atoms with E-state index in [9.17, 15) is 4.79 Å². The van der Waals surface area contributed by atoms with Crippen LogP contribution >= 0.6 is 0 Å². The third-order valence-electron chi connectivity index (χ3n) is 1.99. The van der Waals surface area contributed by atoms with E-state index in [0.29, 0.717) is 23.7 Å². The van der Waals surface area contributed by atoms with Crippen molar-refractivity contribution in [3.8, 4) is 5.75 Å². The zero-order chi connectivity index (χ0) is 10.8. The Morgan fingerprint density at radius 3 is 2.80 bits per heavy atom. The van der Waals surface area contributed by atoms with Crippen molar-refractivity contribution in [2.24, 2.45) is 0 Å². The van der Waals surface area contributed by atoms with Crippen LogP contribution < -0.4 is 4.74 Å². The molecule has 1 heterocycles. The van der Waals surface area contributed by atoms with Gasteiger partial charge in [-0.2, -0.15) is 0 Å². The van der Waals surface area contributed by atoms with Gasteiger partial charge in [-0.15, -0.1) is 0 Å². The Morgan fingerprint density at radius 1 is 1.47 bits per heavy atom. The molecule has 1 aliphatic heterocycles. The maximum atomic E-state index is 10.6. The van der Waals surface area contributed by atoms with Gasteiger partial charge >= 0.3 is 5.97 Å². The van der Waals surface area contributed by atoms with Gasteiger partial charge in [0.1, 0.15) is 5.75 Å². The van der Waals surface area contributed by atoms with Gasteiger partial charge in [0.2, 0.25) is 0 Å². The molecule has 0 saturated heterocycles. The summed E-state index contributed by atoms with van der Waals surface area (Å²) in [5.74, 6) is -0.00347. The first-order chi connectivity index (χ1) is 7.24. The van der Waals surface area contributed by atoms with Gasteiger partial charge in [0.15, 0.2) is 5.76 Å². The maximum Gasteiger partial charge on any atom is 0.375 e. The summed E-state index contributed by atoms with van der Waals surface area (Å²) in [7, 11) is 0. The monoisotopic (exact) mass is 206 g/mol. The lowest BCUT2D eigenvalue weighted by molar-refractivity contribution is -0.133. The molecular formula is C11H10O4. The van der Waals surface area contributed by atoms with Crippen molar-refractivity contribution in [2.45, 2.75) is 6.92 Å². The van der Waals surface area contributed by atoms with Gasteiger partial charge in [-0.05, 0) is 19.1 Å². The van der Waals surface area contributed by atoms with E-state index in [2.05, 4.69) is 0 Å². The summed E-state index contributed by atoms with van der Waals surface area (Å²) in [4.78, 5) is 10.6. The smallest absolute Gasteiger partial charge is 0.375 e. The number of carboxylic acid groups (broad SMARTS) is 1. The maximum absolute atomic E-state index is 10.6. The van der Waals surface area contributed by atoms with Crippen molar-refractivity contribution in [2.75, 3.05) is 6.61 Å². The van der Waals surface area contributed by atoms with Crippen LogP contribution in [0.15, 0.2) is 30.0 Å². The predicted molar refractivity (Wildman–Crippen MR) is 53.3 cm³/mol. The van der Waals surface area contributed by atoms with Crippen molar-refractivity contribution in [1.29, 1.82) is 0 Å². The quantitative estimate of drug-likeness (QED) is 0.816. The zero-order valence-corrected chi connectivity index (χ0v) is 8.19. The second-order valence-electron chi connectivity index (χ2n) is 2.99. The molecular weight excluding hydrogens is 196 g/mol. The summed E-state index contributed by atoms with van der Waals surface area (Å²) in [6, 6.07) is 7.20. The molecule has 15 heavy (non-hydrogen) atoms. The zero-order valence-electron chi connectivity index (χ0n) is 8.19. The van der Waals surface area contributed by atoms with Crippen LogP contribution in [-0.2, 0) is 9.53 Å². The molecule has 0 saturated carbocycles. The van der Waals surface area contributed by atoms with Gasteiger partial charge < -0.3 is 14.6 Å². The van der Waals surface area contributed by atoms with Crippen LogP contribution in [0.5, 0.6) is 5.75 Å². The van der Waals surface area contributed by atoms with Gasteiger partial charge in [0.25, 0.3) is 5.76 Å². The minimum Gasteiger partial charge on any atom is -0.493 e. The van der Waals surface area contributed by atoms with E-state index in [1.54, 1.807) is 12.1 Å². The fourth-order valence-electron chi connectivity index (χ4n) is 1.33. The number of rotatable bonds is 4. The van der Waals surface area contributed by atoms with E-state index in [-0.39, 0.29) is 5.76 Å². The van der Waals surface area contributed by atoms with E-state index in [0.717, 1.165) is 0 Å². The Morgan fingerprint density at radius 2 is 2.20 bits per heavy atom. The van der Waals surface area contributed by atoms with Gasteiger partial charge in [0.05, 0.1) is 12.2 Å². The highest BCUT2D eigenvalue weighted by Gasteiger charge is 2.35. The van der Waals surface area contributed by atoms with E-state index in [1.165, 1.54) is 0 Å². The molecule has 1 N–H and O–H groups in total. The molecule has 0 bridgehead atoms. The first kappa shape index (κ1) is 9.58. The lowest BCUT2D eigenvalue weighted by Crippen LogP contribution is -1.94. The summed E-state index contributed by atoms with van der Waals surface area (Å²) in [5, 5.41) is 8.68. The lowest BCUT2D eigenvalue weighted by atomic mass is 10.2. The predicted octanol–water partition coefficient (Wildman–Crippen LogP) is 1.87. The van der Waals surface area contributed by atoms with E-state index >= 15 is 0 Å². The van der Waals surface area contributed by atoms with E-state index in [4.69, 9.17) is 14.6 Å². The number of aliphatic carboxylic acids is 1. The minimum absolute atomic E-state index is 0.00199. The Balaban J connectivity index is 2.33. The van der Waals surface area contributed by atoms with Crippen molar-refractivity contribution in [1.82, 2.24) is 0 Å². The highest BCUT2D eigenvalue weighted by molar-refractivity contribution is 6.00. The molecule has 1 aromatic carbocycles. The molecule has 2 rings (SSSR count). The third kappa shape index (κ3) is 1.79. The van der Waals surface area contributed by atoms with E-state index in [1.807, 2.05) is 19.1 Å². The number of carbonyl (C=O) groups is 1. The fraction of sp³-hybridized carbons (Fsp3) is 0.182. The lowest BCUT2D eigenvalue weighted by Gasteiger charge is -2.04. The number of carboxylic acids is 1. The number of para-hydroxylation sites is 1. The molecule has 0 radical (unpaired) electrons. The second-order valence-corrected chi connectivity index (χ2v) is 2.99. The van der Waals surface area contributed by atoms with Crippen molar-refractivity contribution in [3.63, 3.8) is 0 Å². The van der Waals surface area contributed by atoms with Gasteiger partial charge in [-0.25, -0.2) is 4.79 Å². The van der Waals surface area contributed by atoms with Gasteiger partial charge in [0, 0.05) is 0 Å². The third-order valence-corrected chi connectivity index (χ3v) is 1.99. The highest BCUT2D eigenvalue weighted by Crippen LogP contribution is 2.40. The van der Waals surface area contributed by atoms with Crippen molar-refractivity contribution < 1.29 is 19.4 Å². The molecule has 0 amide bonds. The summed E-state index contributed by atoms with van der Waals surface area (Å²) in [6.07, 6.45) is 0. The Labute approximate surface area is 86.7 Å². The van der Waals surface area contributed by atoms with Crippen LogP contribution in [0, 0.1) is 0 Å². The molecule has 0 atom stereocenters. The summed E-state index contributed by atoms with van der Waals surface area (Å²) in [6.45, 7) is 2.41. The minimum atomic E-state index is -1.05. The summed E-state index contributed by atoms with van der Waals surface area (Å²) < 4.78 is 10.3. The molecule has 4 heteroatoms. The first-order valence-corrected chi connectivity index (χ1v) is 4.61. The fourth-order valence-corrected chi connectivity index (χ4v) is 1.33. The number of hydrogen-bond acceptors (Lipinski definition) is 3. The molecule has 4 nitrogen and oxygen atoms in total. The Kier molecular flexibility index (Phi) is 2.33. The Bertz CT molecular complexity index is 434. The normalized spacial score (nSPS) is 13.4. The van der Waals surface area contributed by atoms with Gasteiger partial charge in [-0.3, -0.25) is 0 Å². The molecule has 78 valence electrons. The molecule has 0 aromatic heterocycles. The van der Waals surface area contributed by atoms with Crippen LogP contribution in [-0.4, -0.2) is 17.7 Å².